The predicted molar refractivity (Wildman–Crippen MR) is 128 cm³/mol. The van der Waals surface area contributed by atoms with Crippen LogP contribution in [-0.2, 0) is 14.2 Å². The van der Waals surface area contributed by atoms with Gasteiger partial charge in [0.2, 0.25) is 0 Å². The fraction of sp³-hybridized carbons (Fsp3) is 0.455. The van der Waals surface area contributed by atoms with Gasteiger partial charge >= 0.3 is 0 Å². The van der Waals surface area contributed by atoms with Crippen molar-refractivity contribution in [1.29, 1.82) is 0 Å². The number of halogens is 1. The van der Waals surface area contributed by atoms with Crippen molar-refractivity contribution >= 4 is 45.1 Å². The van der Waals surface area contributed by atoms with Crippen LogP contribution in [0.3, 0.4) is 0 Å². The summed E-state index contributed by atoms with van der Waals surface area (Å²) in [5, 5.41) is 3.67. The van der Waals surface area contributed by atoms with Crippen LogP contribution in [0.5, 0.6) is 0 Å². The lowest BCUT2D eigenvalue weighted by Crippen LogP contribution is -2.42. The molecule has 2 aromatic rings. The maximum Gasteiger partial charge on any atom is 0.0676 e. The number of nitrogens with one attached hydrogen (secondary N) is 1. The van der Waals surface area contributed by atoms with Crippen LogP contribution < -0.4 is 5.32 Å². The van der Waals surface area contributed by atoms with Crippen molar-refractivity contribution in [2.24, 2.45) is 0 Å². The number of rotatable bonds is 12. The summed E-state index contributed by atoms with van der Waals surface area (Å²) in [6, 6.07) is 13.1. The molecule has 1 aliphatic rings. The standard InChI is InChI=1S/C22H29BrN2O3S2/c1-26-11-9-25(10-12-27-2)14-17(15-28-3)24-16-7-8-19-21(13-16)29-20-6-4-5-18(23)22(20)30-19/h4-8,13,17,24H,9-12,14-15H2,1-3H3/t17-/m0/s1. The first-order valence-corrected chi connectivity index (χ1v) is 12.3. The molecule has 0 aromatic heterocycles. The molecule has 8 heteroatoms. The van der Waals surface area contributed by atoms with Crippen LogP contribution in [0.2, 0.25) is 0 Å². The van der Waals surface area contributed by atoms with Gasteiger partial charge in [0.05, 0.1) is 25.9 Å². The molecule has 0 saturated heterocycles. The van der Waals surface area contributed by atoms with Gasteiger partial charge in [-0.3, -0.25) is 4.90 Å². The van der Waals surface area contributed by atoms with Crippen molar-refractivity contribution in [3.05, 3.63) is 40.9 Å². The third-order valence-corrected chi connectivity index (χ3v) is 8.27. The minimum Gasteiger partial charge on any atom is -0.383 e. The molecule has 1 aliphatic heterocycles. The Kier molecular flexibility index (Phi) is 9.83. The van der Waals surface area contributed by atoms with Gasteiger partial charge in [0, 0.05) is 70.7 Å². The van der Waals surface area contributed by atoms with Gasteiger partial charge in [0.15, 0.2) is 0 Å². The first kappa shape index (κ1) is 23.9. The normalized spacial score (nSPS) is 13.8. The van der Waals surface area contributed by atoms with E-state index in [9.17, 15) is 0 Å². The Bertz CT molecular complexity index is 817. The van der Waals surface area contributed by atoms with Crippen molar-refractivity contribution in [1.82, 2.24) is 4.90 Å². The number of nitrogens with zero attached hydrogens (tertiary/aromatic N) is 1. The Morgan fingerprint density at radius 3 is 2.40 bits per heavy atom. The largest absolute Gasteiger partial charge is 0.383 e. The minimum absolute atomic E-state index is 0.171. The maximum atomic E-state index is 5.49. The predicted octanol–water partition coefficient (Wildman–Crippen LogP) is 5.09. The summed E-state index contributed by atoms with van der Waals surface area (Å²) < 4.78 is 17.2. The molecular weight excluding hydrogens is 484 g/mol. The van der Waals surface area contributed by atoms with Crippen molar-refractivity contribution in [2.75, 3.05) is 66.1 Å². The second-order valence-electron chi connectivity index (χ2n) is 7.02. The number of benzene rings is 2. The van der Waals surface area contributed by atoms with E-state index in [1.54, 1.807) is 21.3 Å². The summed E-state index contributed by atoms with van der Waals surface area (Å²) in [5.41, 5.74) is 1.11. The van der Waals surface area contributed by atoms with E-state index in [4.69, 9.17) is 14.2 Å². The summed E-state index contributed by atoms with van der Waals surface area (Å²) in [4.78, 5) is 7.50. The monoisotopic (exact) mass is 512 g/mol. The quantitative estimate of drug-likeness (QED) is 0.362. The molecule has 0 spiro atoms. The highest BCUT2D eigenvalue weighted by Crippen LogP contribution is 2.51. The van der Waals surface area contributed by atoms with Crippen LogP contribution >= 0.6 is 39.5 Å². The molecule has 0 bridgehead atoms. The van der Waals surface area contributed by atoms with E-state index in [2.05, 4.69) is 62.5 Å². The molecule has 30 heavy (non-hydrogen) atoms. The van der Waals surface area contributed by atoms with E-state index in [1.807, 2.05) is 23.5 Å². The van der Waals surface area contributed by atoms with Gasteiger partial charge in [-0.05, 0) is 46.3 Å². The molecule has 164 valence electrons. The van der Waals surface area contributed by atoms with Crippen LogP contribution in [-0.4, -0.2) is 71.7 Å². The smallest absolute Gasteiger partial charge is 0.0676 e. The molecule has 0 fully saturated rings. The number of ether oxygens (including phenoxy) is 3. The summed E-state index contributed by atoms with van der Waals surface area (Å²) >= 11 is 7.32. The number of fused-ring (bicyclic) bond motifs is 2. The average molecular weight is 514 g/mol. The average Bonchev–Trinajstić information content (AvgIpc) is 2.75. The molecule has 0 amide bonds. The first-order valence-electron chi connectivity index (χ1n) is 9.88. The van der Waals surface area contributed by atoms with Crippen molar-refractivity contribution in [3.8, 4) is 0 Å². The van der Waals surface area contributed by atoms with E-state index in [-0.39, 0.29) is 6.04 Å². The lowest BCUT2D eigenvalue weighted by Gasteiger charge is -2.28. The molecule has 3 rings (SSSR count). The summed E-state index contributed by atoms with van der Waals surface area (Å²) in [6.07, 6.45) is 0. The summed E-state index contributed by atoms with van der Waals surface area (Å²) in [7, 11) is 5.22. The fourth-order valence-electron chi connectivity index (χ4n) is 3.28. The molecule has 0 unspecified atom stereocenters. The second kappa shape index (κ2) is 12.3. The zero-order chi connectivity index (χ0) is 21.3. The molecular formula is C22H29BrN2O3S2. The Morgan fingerprint density at radius 1 is 0.933 bits per heavy atom. The van der Waals surface area contributed by atoms with Crippen molar-refractivity contribution in [3.63, 3.8) is 0 Å². The number of hydrogen-bond donors (Lipinski definition) is 1. The molecule has 1 atom stereocenters. The van der Waals surface area contributed by atoms with Gasteiger partial charge < -0.3 is 19.5 Å². The van der Waals surface area contributed by atoms with Crippen LogP contribution in [0.1, 0.15) is 0 Å². The van der Waals surface area contributed by atoms with Crippen LogP contribution in [0.4, 0.5) is 5.69 Å². The first-order chi connectivity index (χ1) is 14.6. The highest BCUT2D eigenvalue weighted by molar-refractivity contribution is 9.10. The molecule has 5 nitrogen and oxygen atoms in total. The highest BCUT2D eigenvalue weighted by Gasteiger charge is 2.20. The van der Waals surface area contributed by atoms with Crippen molar-refractivity contribution < 1.29 is 14.2 Å². The van der Waals surface area contributed by atoms with E-state index in [0.29, 0.717) is 19.8 Å². The van der Waals surface area contributed by atoms with Crippen LogP contribution in [0.15, 0.2) is 60.5 Å². The number of hydrogen-bond acceptors (Lipinski definition) is 7. The number of anilines is 1. The molecule has 2 aromatic carbocycles. The summed E-state index contributed by atoms with van der Waals surface area (Å²) in [5.74, 6) is 0. The molecule has 1 N–H and O–H groups in total. The third kappa shape index (κ3) is 6.63. The van der Waals surface area contributed by atoms with Crippen LogP contribution in [0, 0.1) is 0 Å². The second-order valence-corrected chi connectivity index (χ2v) is 10.0. The number of methoxy groups -OCH3 is 3. The van der Waals surface area contributed by atoms with Gasteiger partial charge in [-0.1, -0.05) is 29.6 Å². The SMILES string of the molecule is COCCN(CCOC)C[C@@H](COC)Nc1ccc2c(c1)Sc1cccc(Br)c1S2. The maximum absolute atomic E-state index is 5.49. The zero-order valence-electron chi connectivity index (χ0n) is 17.7. The Balaban J connectivity index is 1.69. The zero-order valence-corrected chi connectivity index (χ0v) is 20.9. The molecule has 0 saturated carbocycles. The Morgan fingerprint density at radius 2 is 1.70 bits per heavy atom. The Hall–Kier alpha value is -0.740. The minimum atomic E-state index is 0.171. The van der Waals surface area contributed by atoms with E-state index < -0.39 is 0 Å². The highest BCUT2D eigenvalue weighted by atomic mass is 79.9. The van der Waals surface area contributed by atoms with Gasteiger partial charge in [-0.15, -0.1) is 0 Å². The fourth-order valence-corrected chi connectivity index (χ4v) is 6.31. The molecule has 0 aliphatic carbocycles. The van der Waals surface area contributed by atoms with Gasteiger partial charge in [-0.2, -0.15) is 0 Å². The van der Waals surface area contributed by atoms with Gasteiger partial charge in [0.25, 0.3) is 0 Å². The lowest BCUT2D eigenvalue weighted by molar-refractivity contribution is 0.100. The van der Waals surface area contributed by atoms with Gasteiger partial charge in [0.1, 0.15) is 0 Å². The van der Waals surface area contributed by atoms with E-state index >= 15 is 0 Å². The third-order valence-electron chi connectivity index (χ3n) is 4.75. The topological polar surface area (TPSA) is 43.0 Å². The Labute approximate surface area is 196 Å². The van der Waals surface area contributed by atoms with E-state index in [1.165, 1.54) is 19.6 Å². The molecule has 0 radical (unpaired) electrons. The summed E-state index contributed by atoms with van der Waals surface area (Å²) in [6.45, 7) is 4.62. The van der Waals surface area contributed by atoms with Gasteiger partial charge in [-0.25, -0.2) is 0 Å². The molecule has 1 heterocycles. The van der Waals surface area contributed by atoms with Crippen molar-refractivity contribution in [2.45, 2.75) is 25.6 Å². The van der Waals surface area contributed by atoms with Crippen LogP contribution in [0.25, 0.3) is 0 Å². The lowest BCUT2D eigenvalue weighted by atomic mass is 10.2. The van der Waals surface area contributed by atoms with E-state index in [0.717, 1.165) is 29.8 Å².